The van der Waals surface area contributed by atoms with E-state index in [-0.39, 0.29) is 10.7 Å². The Bertz CT molecular complexity index is 964. The Balaban J connectivity index is 1.90. The minimum absolute atomic E-state index is 0.212. The van der Waals surface area contributed by atoms with Gasteiger partial charge in [-0.25, -0.2) is 4.68 Å². The topological polar surface area (TPSA) is 29.9 Å². The van der Waals surface area contributed by atoms with Gasteiger partial charge in [0.1, 0.15) is 11.5 Å². The van der Waals surface area contributed by atoms with Crippen molar-refractivity contribution in [2.45, 2.75) is 12.6 Å². The van der Waals surface area contributed by atoms with E-state index in [2.05, 4.69) is 26.3 Å². The van der Waals surface area contributed by atoms with Crippen molar-refractivity contribution < 1.29 is 13.2 Å². The van der Waals surface area contributed by atoms with Crippen molar-refractivity contribution in [1.82, 2.24) is 9.78 Å². The lowest BCUT2D eigenvalue weighted by atomic mass is 10.2. The number of aromatic nitrogens is 2. The van der Waals surface area contributed by atoms with Gasteiger partial charge in [0.15, 0.2) is 0 Å². The molecule has 0 radical (unpaired) electrons. The third-order valence-corrected chi connectivity index (χ3v) is 5.91. The van der Waals surface area contributed by atoms with Gasteiger partial charge in [0.25, 0.3) is 0 Å². The van der Waals surface area contributed by atoms with Crippen LogP contribution in [-0.4, -0.2) is 16.3 Å². The van der Waals surface area contributed by atoms with Crippen LogP contribution in [0.1, 0.15) is 11.1 Å². The maximum Gasteiger partial charge on any atom is 0.416 e. The number of fused-ring (bicyclic) bond motifs is 1. The van der Waals surface area contributed by atoms with E-state index in [9.17, 15) is 13.2 Å². The van der Waals surface area contributed by atoms with Gasteiger partial charge in [0.05, 0.1) is 24.9 Å². The van der Waals surface area contributed by atoms with Crippen LogP contribution in [0.5, 0.6) is 0 Å². The Morgan fingerprint density at radius 3 is 2.72 bits per heavy atom. The first-order valence-corrected chi connectivity index (χ1v) is 9.32. The Kier molecular flexibility index (Phi) is 4.09. The Morgan fingerprint density at radius 1 is 1.24 bits per heavy atom. The predicted molar refractivity (Wildman–Crippen MR) is 96.8 cm³/mol. The van der Waals surface area contributed by atoms with Crippen LogP contribution < -0.4 is 5.32 Å². The number of halogens is 5. The van der Waals surface area contributed by atoms with Crippen molar-refractivity contribution in [3.8, 4) is 16.3 Å². The zero-order chi connectivity index (χ0) is 17.8. The molecule has 3 aromatic rings. The SMILES string of the molecule is FC(F)(F)c1ccc(Cl)c(-n2nc(-c3ccc(Br)s3)c3c2NCC3)c1. The second-order valence-corrected chi connectivity index (χ2v) is 8.40. The van der Waals surface area contributed by atoms with Crippen molar-refractivity contribution in [2.75, 3.05) is 11.9 Å². The molecule has 0 aliphatic carbocycles. The smallest absolute Gasteiger partial charge is 0.369 e. The van der Waals surface area contributed by atoms with E-state index in [4.69, 9.17) is 11.6 Å². The number of hydrogen-bond donors (Lipinski definition) is 1. The zero-order valence-corrected chi connectivity index (χ0v) is 15.7. The Hall–Kier alpha value is -1.51. The average molecular weight is 449 g/mol. The van der Waals surface area contributed by atoms with E-state index < -0.39 is 11.7 Å². The lowest BCUT2D eigenvalue weighted by Gasteiger charge is -2.12. The fourth-order valence-corrected chi connectivity index (χ4v) is 4.44. The maximum atomic E-state index is 13.1. The molecule has 1 aliphatic rings. The highest BCUT2D eigenvalue weighted by Crippen LogP contribution is 2.40. The minimum atomic E-state index is -4.44. The van der Waals surface area contributed by atoms with Gasteiger partial charge in [-0.1, -0.05) is 11.6 Å². The standard InChI is InChI=1S/C16H10BrClF3N3S/c17-13-4-3-12(25-13)14-9-5-6-22-15(9)24(23-14)11-7-8(16(19,20)21)1-2-10(11)18/h1-4,7,22H,5-6H2. The molecule has 1 aliphatic heterocycles. The van der Waals surface area contributed by atoms with E-state index in [0.717, 1.165) is 38.5 Å². The fourth-order valence-electron chi connectivity index (χ4n) is 2.84. The summed E-state index contributed by atoms with van der Waals surface area (Å²) in [6, 6.07) is 7.12. The molecule has 9 heteroatoms. The van der Waals surface area contributed by atoms with Crippen molar-refractivity contribution >= 4 is 44.7 Å². The molecule has 1 N–H and O–H groups in total. The first-order valence-electron chi connectivity index (χ1n) is 7.33. The predicted octanol–water partition coefficient (Wildman–Crippen LogP) is 6.00. The van der Waals surface area contributed by atoms with E-state index in [0.29, 0.717) is 12.4 Å². The molecule has 0 saturated heterocycles. The average Bonchev–Trinajstić information content (AvgIpc) is 3.23. The molecule has 3 heterocycles. The molecule has 0 atom stereocenters. The third-order valence-electron chi connectivity index (χ3n) is 3.96. The van der Waals surface area contributed by atoms with Gasteiger partial charge in [-0.3, -0.25) is 0 Å². The Labute approximate surface area is 158 Å². The monoisotopic (exact) mass is 447 g/mol. The molecule has 3 nitrogen and oxygen atoms in total. The zero-order valence-electron chi connectivity index (χ0n) is 12.5. The van der Waals surface area contributed by atoms with Crippen LogP contribution in [0.3, 0.4) is 0 Å². The quantitative estimate of drug-likeness (QED) is 0.521. The summed E-state index contributed by atoms with van der Waals surface area (Å²) in [5.41, 5.74) is 1.21. The number of thiophene rings is 1. The highest BCUT2D eigenvalue weighted by molar-refractivity contribution is 9.11. The van der Waals surface area contributed by atoms with Crippen LogP contribution in [0.15, 0.2) is 34.1 Å². The van der Waals surface area contributed by atoms with Gasteiger partial charge in [0, 0.05) is 12.1 Å². The number of hydrogen-bond acceptors (Lipinski definition) is 3. The minimum Gasteiger partial charge on any atom is -0.369 e. The summed E-state index contributed by atoms with van der Waals surface area (Å²) in [6.07, 6.45) is -3.68. The lowest BCUT2D eigenvalue weighted by molar-refractivity contribution is -0.137. The van der Waals surface area contributed by atoms with Gasteiger partial charge in [0.2, 0.25) is 0 Å². The molecular weight excluding hydrogens is 439 g/mol. The summed E-state index contributed by atoms with van der Waals surface area (Å²) in [5.74, 6) is 0.695. The van der Waals surface area contributed by atoms with Crippen molar-refractivity contribution in [2.24, 2.45) is 0 Å². The van der Waals surface area contributed by atoms with Crippen molar-refractivity contribution in [1.29, 1.82) is 0 Å². The Morgan fingerprint density at radius 2 is 2.04 bits per heavy atom. The highest BCUT2D eigenvalue weighted by atomic mass is 79.9. The van der Waals surface area contributed by atoms with Crippen LogP contribution in [0.2, 0.25) is 5.02 Å². The number of anilines is 1. The van der Waals surface area contributed by atoms with E-state index in [1.165, 1.54) is 22.1 Å². The first kappa shape index (κ1) is 16.9. The molecule has 1 aromatic carbocycles. The molecule has 25 heavy (non-hydrogen) atoms. The summed E-state index contributed by atoms with van der Waals surface area (Å²) in [5, 5.41) is 7.98. The number of nitrogens with one attached hydrogen (secondary N) is 1. The lowest BCUT2D eigenvalue weighted by Crippen LogP contribution is -2.09. The van der Waals surface area contributed by atoms with Gasteiger partial charge < -0.3 is 5.32 Å². The molecule has 4 rings (SSSR count). The number of nitrogens with zero attached hydrogens (tertiary/aromatic N) is 2. The summed E-state index contributed by atoms with van der Waals surface area (Å²) < 4.78 is 41.7. The molecule has 2 aromatic heterocycles. The van der Waals surface area contributed by atoms with Gasteiger partial charge in [-0.15, -0.1) is 11.3 Å². The third kappa shape index (κ3) is 2.96. The van der Waals surface area contributed by atoms with Crippen LogP contribution in [0.4, 0.5) is 19.0 Å². The van der Waals surface area contributed by atoms with Crippen LogP contribution in [0.25, 0.3) is 16.3 Å². The molecule has 0 amide bonds. The van der Waals surface area contributed by atoms with Gasteiger partial charge in [-0.05, 0) is 52.7 Å². The molecule has 0 saturated carbocycles. The summed E-state index contributed by atoms with van der Waals surface area (Å²) >= 11 is 11.1. The van der Waals surface area contributed by atoms with Crippen LogP contribution in [-0.2, 0) is 12.6 Å². The molecule has 0 unspecified atom stereocenters. The first-order chi connectivity index (χ1) is 11.8. The second-order valence-electron chi connectivity index (χ2n) is 5.53. The van der Waals surface area contributed by atoms with Gasteiger partial charge in [-0.2, -0.15) is 18.3 Å². The summed E-state index contributed by atoms with van der Waals surface area (Å²) in [7, 11) is 0. The van der Waals surface area contributed by atoms with E-state index in [1.807, 2.05) is 12.1 Å². The second kappa shape index (κ2) is 6.03. The molecule has 0 spiro atoms. The molecule has 130 valence electrons. The normalized spacial score (nSPS) is 13.8. The van der Waals surface area contributed by atoms with E-state index >= 15 is 0 Å². The highest BCUT2D eigenvalue weighted by Gasteiger charge is 2.32. The van der Waals surface area contributed by atoms with Gasteiger partial charge >= 0.3 is 6.18 Å². The maximum absolute atomic E-state index is 13.1. The molecule has 0 fully saturated rings. The van der Waals surface area contributed by atoms with Crippen LogP contribution in [0, 0.1) is 0 Å². The summed E-state index contributed by atoms with van der Waals surface area (Å²) in [6.45, 7) is 0.712. The molecular formula is C16H10BrClF3N3S. The summed E-state index contributed by atoms with van der Waals surface area (Å²) in [4.78, 5) is 0.952. The number of rotatable bonds is 2. The largest absolute Gasteiger partial charge is 0.416 e. The fraction of sp³-hybridized carbons (Fsp3) is 0.188. The number of benzene rings is 1. The van der Waals surface area contributed by atoms with E-state index in [1.54, 1.807) is 0 Å². The van der Waals surface area contributed by atoms with Crippen LogP contribution >= 0.6 is 38.9 Å². The number of alkyl halides is 3. The van der Waals surface area contributed by atoms with Crippen molar-refractivity contribution in [3.63, 3.8) is 0 Å². The molecule has 0 bridgehead atoms. The van der Waals surface area contributed by atoms with Crippen molar-refractivity contribution in [3.05, 3.63) is 50.3 Å².